The molecule has 1 atom stereocenters. The molecule has 0 aromatic carbocycles. The molecule has 1 aliphatic rings. The van der Waals surface area contributed by atoms with Gasteiger partial charge in [0.2, 0.25) is 5.91 Å². The number of nitrogens with one attached hydrogen (secondary N) is 1. The number of hydrogen-bond donors (Lipinski definition) is 2. The molecule has 0 bridgehead atoms. The summed E-state index contributed by atoms with van der Waals surface area (Å²) in [6, 6.07) is -0.639. The van der Waals surface area contributed by atoms with Gasteiger partial charge in [0.15, 0.2) is 0 Å². The minimum absolute atomic E-state index is 0. The lowest BCUT2D eigenvalue weighted by atomic mass is 9.82. The fraction of sp³-hybridized carbons (Fsp3) is 0.818. The van der Waals surface area contributed by atoms with Crippen molar-refractivity contribution in [1.82, 2.24) is 5.32 Å². The molecule has 1 amide bonds. The maximum Gasteiger partial charge on any atom is 0.328 e. The second-order valence-corrected chi connectivity index (χ2v) is 4.44. The molecule has 5 nitrogen and oxygen atoms in total. The minimum atomic E-state index is -0.805. The van der Waals surface area contributed by atoms with E-state index in [9.17, 15) is 9.59 Å². The first kappa shape index (κ1) is 16.2. The molecule has 1 rings (SSSR count). The number of amides is 1. The largest absolute Gasteiger partial charge is 0.467 e. The summed E-state index contributed by atoms with van der Waals surface area (Å²) in [4.78, 5) is 23.1. The van der Waals surface area contributed by atoms with Gasteiger partial charge in [0.1, 0.15) is 6.04 Å². The second-order valence-electron chi connectivity index (χ2n) is 4.44. The summed E-state index contributed by atoms with van der Waals surface area (Å²) in [5, 5.41) is 2.60. The van der Waals surface area contributed by atoms with Crippen molar-refractivity contribution in [3.8, 4) is 0 Å². The molecule has 1 saturated carbocycles. The summed E-state index contributed by atoms with van der Waals surface area (Å²) < 4.78 is 4.54. The highest BCUT2D eigenvalue weighted by Gasteiger charge is 2.36. The van der Waals surface area contributed by atoms with Crippen molar-refractivity contribution in [3.63, 3.8) is 0 Å². The molecule has 100 valence electrons. The van der Waals surface area contributed by atoms with Crippen LogP contribution in [-0.4, -0.2) is 30.6 Å². The molecule has 0 aromatic rings. The molecule has 1 fully saturated rings. The Balaban J connectivity index is 0.00000256. The average Bonchev–Trinajstić information content (AvgIpc) is 2.28. The van der Waals surface area contributed by atoms with Crippen molar-refractivity contribution in [2.45, 2.75) is 50.6 Å². The van der Waals surface area contributed by atoms with Gasteiger partial charge in [0.05, 0.1) is 12.6 Å². The van der Waals surface area contributed by atoms with Crippen molar-refractivity contribution in [1.29, 1.82) is 0 Å². The number of nitrogens with two attached hydrogens (primary N) is 1. The SMILES string of the molecule is COC(=O)[C@@H](C)NC(=O)C1(N)CCCCC1.Cl. The van der Waals surface area contributed by atoms with Crippen LogP contribution >= 0.6 is 12.4 Å². The van der Waals surface area contributed by atoms with E-state index in [1.165, 1.54) is 7.11 Å². The Morgan fingerprint density at radius 2 is 1.82 bits per heavy atom. The maximum absolute atomic E-state index is 11.9. The molecule has 0 heterocycles. The van der Waals surface area contributed by atoms with Crippen LogP contribution in [0.4, 0.5) is 0 Å². The topological polar surface area (TPSA) is 81.4 Å². The van der Waals surface area contributed by atoms with E-state index in [4.69, 9.17) is 5.73 Å². The third-order valence-electron chi connectivity index (χ3n) is 3.10. The zero-order chi connectivity index (χ0) is 12.2. The highest BCUT2D eigenvalue weighted by atomic mass is 35.5. The van der Waals surface area contributed by atoms with E-state index in [2.05, 4.69) is 10.1 Å². The van der Waals surface area contributed by atoms with Gasteiger partial charge in [-0.3, -0.25) is 4.79 Å². The van der Waals surface area contributed by atoms with Crippen LogP contribution in [0.3, 0.4) is 0 Å². The van der Waals surface area contributed by atoms with Crippen LogP contribution in [0.15, 0.2) is 0 Å². The molecule has 1 aliphatic carbocycles. The van der Waals surface area contributed by atoms with Gasteiger partial charge in [0.25, 0.3) is 0 Å². The van der Waals surface area contributed by atoms with Crippen LogP contribution in [-0.2, 0) is 14.3 Å². The van der Waals surface area contributed by atoms with Crippen LogP contribution in [0.5, 0.6) is 0 Å². The van der Waals surface area contributed by atoms with E-state index in [1.54, 1.807) is 6.92 Å². The molecule has 0 aliphatic heterocycles. The monoisotopic (exact) mass is 264 g/mol. The lowest BCUT2D eigenvalue weighted by Gasteiger charge is -2.32. The van der Waals surface area contributed by atoms with Gasteiger partial charge in [-0.15, -0.1) is 12.4 Å². The van der Waals surface area contributed by atoms with Crippen molar-refractivity contribution in [3.05, 3.63) is 0 Å². The number of rotatable bonds is 3. The Kier molecular flexibility index (Phi) is 6.49. The van der Waals surface area contributed by atoms with E-state index >= 15 is 0 Å². The van der Waals surface area contributed by atoms with Crippen molar-refractivity contribution in [2.24, 2.45) is 5.73 Å². The van der Waals surface area contributed by atoms with Crippen LogP contribution in [0, 0.1) is 0 Å². The maximum atomic E-state index is 11.9. The van der Waals surface area contributed by atoms with E-state index < -0.39 is 17.6 Å². The average molecular weight is 265 g/mol. The molecule has 0 saturated heterocycles. The van der Waals surface area contributed by atoms with Gasteiger partial charge < -0.3 is 15.8 Å². The summed E-state index contributed by atoms with van der Waals surface area (Å²) in [6.45, 7) is 1.59. The number of hydrogen-bond acceptors (Lipinski definition) is 4. The molecule has 17 heavy (non-hydrogen) atoms. The quantitative estimate of drug-likeness (QED) is 0.737. The summed E-state index contributed by atoms with van der Waals surface area (Å²) >= 11 is 0. The first-order chi connectivity index (χ1) is 7.49. The van der Waals surface area contributed by atoms with E-state index in [1.807, 2.05) is 0 Å². The smallest absolute Gasteiger partial charge is 0.328 e. The zero-order valence-corrected chi connectivity index (χ0v) is 11.1. The van der Waals surface area contributed by atoms with E-state index in [0.717, 1.165) is 19.3 Å². The lowest BCUT2D eigenvalue weighted by molar-refractivity contribution is -0.145. The molecule has 0 aromatic heterocycles. The second kappa shape index (κ2) is 6.81. The summed E-state index contributed by atoms with van der Waals surface area (Å²) in [7, 11) is 1.30. The van der Waals surface area contributed by atoms with Gasteiger partial charge in [-0.25, -0.2) is 4.79 Å². The molecule has 3 N–H and O–H groups in total. The minimum Gasteiger partial charge on any atom is -0.467 e. The first-order valence-electron chi connectivity index (χ1n) is 5.67. The molecular formula is C11H21ClN2O3. The predicted octanol–water partition coefficient (Wildman–Crippen LogP) is 0.747. The third kappa shape index (κ3) is 4.16. The van der Waals surface area contributed by atoms with Crippen LogP contribution in [0.1, 0.15) is 39.0 Å². The van der Waals surface area contributed by atoms with Gasteiger partial charge in [-0.05, 0) is 19.8 Å². The molecule has 0 spiro atoms. The zero-order valence-electron chi connectivity index (χ0n) is 10.3. The fourth-order valence-corrected chi connectivity index (χ4v) is 1.99. The fourth-order valence-electron chi connectivity index (χ4n) is 1.99. The molecule has 6 heteroatoms. The summed E-state index contributed by atoms with van der Waals surface area (Å²) in [5.74, 6) is -0.696. The third-order valence-corrected chi connectivity index (χ3v) is 3.10. The number of ether oxygens (including phenoxy) is 1. The number of carbonyl (C=O) groups is 2. The molecule has 0 radical (unpaired) electrons. The Morgan fingerprint density at radius 1 is 1.29 bits per heavy atom. The van der Waals surface area contributed by atoms with Gasteiger partial charge in [-0.1, -0.05) is 19.3 Å². The first-order valence-corrected chi connectivity index (χ1v) is 5.67. The van der Waals surface area contributed by atoms with E-state index in [-0.39, 0.29) is 18.3 Å². The van der Waals surface area contributed by atoms with Crippen LogP contribution < -0.4 is 11.1 Å². The van der Waals surface area contributed by atoms with Crippen molar-refractivity contribution >= 4 is 24.3 Å². The summed E-state index contributed by atoms with van der Waals surface area (Å²) in [6.07, 6.45) is 4.44. The highest BCUT2D eigenvalue weighted by Crippen LogP contribution is 2.26. The normalized spacial score (nSPS) is 19.7. The van der Waals surface area contributed by atoms with Gasteiger partial charge in [-0.2, -0.15) is 0 Å². The highest BCUT2D eigenvalue weighted by molar-refractivity contribution is 5.90. The number of halogens is 1. The van der Waals surface area contributed by atoms with Gasteiger partial charge >= 0.3 is 5.97 Å². The van der Waals surface area contributed by atoms with Crippen molar-refractivity contribution in [2.75, 3.05) is 7.11 Å². The van der Waals surface area contributed by atoms with Crippen LogP contribution in [0.25, 0.3) is 0 Å². The number of esters is 1. The van der Waals surface area contributed by atoms with Gasteiger partial charge in [0, 0.05) is 0 Å². The predicted molar refractivity (Wildman–Crippen MR) is 66.9 cm³/mol. The standard InChI is InChI=1S/C11H20N2O3.ClH/c1-8(9(14)16-2)13-10(15)11(12)6-4-3-5-7-11;/h8H,3-7,12H2,1-2H3,(H,13,15);1H/t8-;/m1./s1. The number of carbonyl (C=O) groups excluding carboxylic acids is 2. The summed E-state index contributed by atoms with van der Waals surface area (Å²) in [5.41, 5.74) is 5.22. The Hall–Kier alpha value is -0.810. The Bertz CT molecular complexity index is 278. The Morgan fingerprint density at radius 3 is 2.29 bits per heavy atom. The van der Waals surface area contributed by atoms with Crippen LogP contribution in [0.2, 0.25) is 0 Å². The number of methoxy groups -OCH3 is 1. The molecular weight excluding hydrogens is 244 g/mol. The Labute approximate surface area is 108 Å². The molecule has 0 unspecified atom stereocenters. The van der Waals surface area contributed by atoms with E-state index in [0.29, 0.717) is 12.8 Å². The van der Waals surface area contributed by atoms with Crippen molar-refractivity contribution < 1.29 is 14.3 Å². The lowest BCUT2D eigenvalue weighted by Crippen LogP contribution is -2.57.